The number of nitrogens with two attached hydrogens (primary N) is 1. The molecule has 17 heavy (non-hydrogen) atoms. The minimum absolute atomic E-state index is 0.161. The number of ether oxygens (including phenoxy) is 1. The molecule has 0 bridgehead atoms. The normalized spacial score (nSPS) is 21.6. The molecule has 1 heterocycles. The van der Waals surface area contributed by atoms with Gasteiger partial charge in [0, 0.05) is 19.6 Å². The van der Waals surface area contributed by atoms with Crippen molar-refractivity contribution in [3.63, 3.8) is 0 Å². The average molecular weight is 265 g/mol. The molecule has 1 saturated heterocycles. The topological polar surface area (TPSA) is 102 Å². The lowest BCUT2D eigenvalue weighted by atomic mass is 10.2. The van der Waals surface area contributed by atoms with Crippen LogP contribution in [0.15, 0.2) is 0 Å². The summed E-state index contributed by atoms with van der Waals surface area (Å²) in [5, 5.41) is 0. The van der Waals surface area contributed by atoms with Crippen LogP contribution in [-0.2, 0) is 19.7 Å². The van der Waals surface area contributed by atoms with E-state index >= 15 is 0 Å². The Hall–Kier alpha value is -0.700. The molecule has 0 amide bonds. The van der Waals surface area contributed by atoms with E-state index in [4.69, 9.17) is 10.5 Å². The van der Waals surface area contributed by atoms with E-state index in [2.05, 4.69) is 4.72 Å². The standard InChI is InChI=1S/C9H19N3O4S/c1-2-16-9(13)8-4-3-7-12(8)17(14,15)11-6-5-10/h8,11H,2-7,10H2,1H3. The highest BCUT2D eigenvalue weighted by Gasteiger charge is 2.39. The first-order valence-electron chi connectivity index (χ1n) is 5.66. The van der Waals surface area contributed by atoms with Gasteiger partial charge in [-0.25, -0.2) is 4.72 Å². The van der Waals surface area contributed by atoms with E-state index in [1.807, 2.05) is 0 Å². The Labute approximate surface area is 101 Å². The second kappa shape index (κ2) is 6.29. The molecule has 7 nitrogen and oxygen atoms in total. The van der Waals surface area contributed by atoms with Crippen molar-refractivity contribution in [2.75, 3.05) is 26.2 Å². The van der Waals surface area contributed by atoms with Gasteiger partial charge in [0.15, 0.2) is 0 Å². The molecule has 1 unspecified atom stereocenters. The van der Waals surface area contributed by atoms with Crippen molar-refractivity contribution in [3.8, 4) is 0 Å². The molecule has 0 aromatic heterocycles. The van der Waals surface area contributed by atoms with Crippen molar-refractivity contribution in [1.29, 1.82) is 0 Å². The zero-order valence-electron chi connectivity index (χ0n) is 9.89. The van der Waals surface area contributed by atoms with E-state index < -0.39 is 22.2 Å². The minimum atomic E-state index is -3.63. The molecule has 8 heteroatoms. The summed E-state index contributed by atoms with van der Waals surface area (Å²) in [5.41, 5.74) is 5.24. The van der Waals surface area contributed by atoms with Crippen molar-refractivity contribution >= 4 is 16.2 Å². The Morgan fingerprint density at radius 1 is 1.59 bits per heavy atom. The highest BCUT2D eigenvalue weighted by molar-refractivity contribution is 7.87. The van der Waals surface area contributed by atoms with E-state index in [0.717, 1.165) is 4.31 Å². The van der Waals surface area contributed by atoms with Crippen LogP contribution >= 0.6 is 0 Å². The fourth-order valence-corrected chi connectivity index (χ4v) is 3.21. The predicted molar refractivity (Wildman–Crippen MR) is 62.3 cm³/mol. The number of hydrogen-bond acceptors (Lipinski definition) is 5. The molecule has 0 aromatic carbocycles. The summed E-state index contributed by atoms with van der Waals surface area (Å²) in [5.74, 6) is -0.483. The lowest BCUT2D eigenvalue weighted by Gasteiger charge is -2.22. The maximum atomic E-state index is 11.9. The van der Waals surface area contributed by atoms with Gasteiger partial charge < -0.3 is 10.5 Å². The molecule has 1 fully saturated rings. The smallest absolute Gasteiger partial charge is 0.324 e. The Morgan fingerprint density at radius 2 is 2.29 bits per heavy atom. The van der Waals surface area contributed by atoms with Gasteiger partial charge in [0.2, 0.25) is 0 Å². The van der Waals surface area contributed by atoms with Gasteiger partial charge in [-0.05, 0) is 19.8 Å². The molecular weight excluding hydrogens is 246 g/mol. The largest absolute Gasteiger partial charge is 0.465 e. The summed E-state index contributed by atoms with van der Waals surface area (Å²) in [6.07, 6.45) is 1.16. The number of esters is 1. The van der Waals surface area contributed by atoms with Crippen molar-refractivity contribution in [3.05, 3.63) is 0 Å². The van der Waals surface area contributed by atoms with Crippen molar-refractivity contribution < 1.29 is 17.9 Å². The molecule has 0 radical (unpaired) electrons. The molecule has 1 atom stereocenters. The third-order valence-corrected chi connectivity index (χ3v) is 4.12. The van der Waals surface area contributed by atoms with Crippen LogP contribution in [-0.4, -0.2) is 51.0 Å². The fourth-order valence-electron chi connectivity index (χ4n) is 1.77. The Balaban J connectivity index is 2.71. The van der Waals surface area contributed by atoms with Gasteiger partial charge in [-0.2, -0.15) is 12.7 Å². The van der Waals surface area contributed by atoms with Gasteiger partial charge in [-0.15, -0.1) is 0 Å². The summed E-state index contributed by atoms with van der Waals surface area (Å²) in [6.45, 7) is 2.66. The maximum Gasteiger partial charge on any atom is 0.324 e. The number of nitrogens with zero attached hydrogens (tertiary/aromatic N) is 1. The first-order valence-corrected chi connectivity index (χ1v) is 7.10. The quantitative estimate of drug-likeness (QED) is 0.588. The van der Waals surface area contributed by atoms with E-state index in [1.165, 1.54) is 0 Å². The number of rotatable bonds is 6. The van der Waals surface area contributed by atoms with E-state index in [-0.39, 0.29) is 19.7 Å². The minimum Gasteiger partial charge on any atom is -0.465 e. The van der Waals surface area contributed by atoms with E-state index in [0.29, 0.717) is 19.4 Å². The van der Waals surface area contributed by atoms with E-state index in [1.54, 1.807) is 6.92 Å². The van der Waals surface area contributed by atoms with Crippen LogP contribution in [0.5, 0.6) is 0 Å². The predicted octanol–water partition coefficient (Wildman–Crippen LogP) is -1.19. The molecule has 0 saturated carbocycles. The van der Waals surface area contributed by atoms with Crippen LogP contribution in [0.1, 0.15) is 19.8 Å². The lowest BCUT2D eigenvalue weighted by Crippen LogP contribution is -2.47. The first-order chi connectivity index (χ1) is 8.03. The zero-order valence-corrected chi connectivity index (χ0v) is 10.7. The molecule has 0 spiro atoms. The van der Waals surface area contributed by atoms with Crippen LogP contribution in [0.2, 0.25) is 0 Å². The molecule has 100 valence electrons. The molecule has 1 aliphatic rings. The van der Waals surface area contributed by atoms with Crippen LogP contribution in [0, 0.1) is 0 Å². The second-order valence-corrected chi connectivity index (χ2v) is 5.42. The highest BCUT2D eigenvalue weighted by atomic mass is 32.2. The van der Waals surface area contributed by atoms with Crippen LogP contribution in [0.3, 0.4) is 0 Å². The first kappa shape index (κ1) is 14.4. The summed E-state index contributed by atoms with van der Waals surface area (Å²) >= 11 is 0. The number of carbonyl (C=O) groups is 1. The fraction of sp³-hybridized carbons (Fsp3) is 0.889. The van der Waals surface area contributed by atoms with Gasteiger partial charge in [0.05, 0.1) is 6.61 Å². The van der Waals surface area contributed by atoms with Gasteiger partial charge in [0.1, 0.15) is 6.04 Å². The van der Waals surface area contributed by atoms with Crippen LogP contribution < -0.4 is 10.5 Å². The van der Waals surface area contributed by atoms with Gasteiger partial charge in [-0.1, -0.05) is 0 Å². The Kier molecular flexibility index (Phi) is 5.31. The van der Waals surface area contributed by atoms with Gasteiger partial charge in [-0.3, -0.25) is 4.79 Å². The molecule has 3 N–H and O–H groups in total. The van der Waals surface area contributed by atoms with Gasteiger partial charge >= 0.3 is 5.97 Å². The van der Waals surface area contributed by atoms with Crippen LogP contribution in [0.4, 0.5) is 0 Å². The number of hydrogen-bond donors (Lipinski definition) is 2. The number of carbonyl (C=O) groups excluding carboxylic acids is 1. The number of nitrogens with one attached hydrogen (secondary N) is 1. The summed E-state index contributed by atoms with van der Waals surface area (Å²) in [6, 6.07) is -0.703. The summed E-state index contributed by atoms with van der Waals surface area (Å²) in [4.78, 5) is 11.6. The van der Waals surface area contributed by atoms with E-state index in [9.17, 15) is 13.2 Å². The molecular formula is C9H19N3O4S. The molecule has 0 aromatic rings. The lowest BCUT2D eigenvalue weighted by molar-refractivity contribution is -0.146. The van der Waals surface area contributed by atoms with Gasteiger partial charge in [0.25, 0.3) is 10.2 Å². The van der Waals surface area contributed by atoms with Crippen molar-refractivity contribution in [1.82, 2.24) is 9.03 Å². The maximum absolute atomic E-state index is 11.9. The third-order valence-electron chi connectivity index (χ3n) is 2.50. The Bertz CT molecular complexity index is 357. The SMILES string of the molecule is CCOC(=O)C1CCCN1S(=O)(=O)NCCN. The molecule has 1 rings (SSSR count). The third kappa shape index (κ3) is 3.63. The van der Waals surface area contributed by atoms with Crippen LogP contribution in [0.25, 0.3) is 0 Å². The Morgan fingerprint density at radius 3 is 2.88 bits per heavy atom. The van der Waals surface area contributed by atoms with Crippen molar-refractivity contribution in [2.24, 2.45) is 5.73 Å². The monoisotopic (exact) mass is 265 g/mol. The average Bonchev–Trinajstić information content (AvgIpc) is 2.76. The summed E-state index contributed by atoms with van der Waals surface area (Å²) in [7, 11) is -3.63. The second-order valence-electron chi connectivity index (χ2n) is 3.71. The highest BCUT2D eigenvalue weighted by Crippen LogP contribution is 2.21. The molecule has 1 aliphatic heterocycles. The molecule has 0 aliphatic carbocycles. The van der Waals surface area contributed by atoms with Crippen molar-refractivity contribution in [2.45, 2.75) is 25.8 Å². The zero-order chi connectivity index (χ0) is 12.9. The summed E-state index contributed by atoms with van der Waals surface area (Å²) < 4.78 is 32.1.